The van der Waals surface area contributed by atoms with Gasteiger partial charge < -0.3 is 5.11 Å². The molecule has 1 aromatic heterocycles. The summed E-state index contributed by atoms with van der Waals surface area (Å²) in [7, 11) is 0. The lowest BCUT2D eigenvalue weighted by atomic mass is 10.0. The Morgan fingerprint density at radius 2 is 1.96 bits per heavy atom. The summed E-state index contributed by atoms with van der Waals surface area (Å²) in [6, 6.07) is 13.3. The van der Waals surface area contributed by atoms with Crippen molar-refractivity contribution in [1.29, 1.82) is 5.26 Å². The molecule has 0 aliphatic rings. The van der Waals surface area contributed by atoms with Crippen molar-refractivity contribution in [2.24, 2.45) is 0 Å². The minimum Gasteiger partial charge on any atom is -0.480 e. The van der Waals surface area contributed by atoms with Crippen molar-refractivity contribution in [3.05, 3.63) is 48.2 Å². The van der Waals surface area contributed by atoms with Crippen LogP contribution in [0.1, 0.15) is 19.4 Å². The molecule has 0 aliphatic carbocycles. The zero-order valence-electron chi connectivity index (χ0n) is 13.1. The lowest BCUT2D eigenvalue weighted by molar-refractivity contribution is -0.138. The fourth-order valence-corrected chi connectivity index (χ4v) is 4.28. The maximum atomic E-state index is 11.5. The Morgan fingerprint density at radius 1 is 1.25 bits per heavy atom. The maximum Gasteiger partial charge on any atom is 0.319 e. The number of carbonyl (C=O) groups is 1. The molecule has 0 aliphatic heterocycles. The summed E-state index contributed by atoms with van der Waals surface area (Å²) in [6.45, 7) is 3.39. The second-order valence-electron chi connectivity index (χ2n) is 5.79. The van der Waals surface area contributed by atoms with Crippen LogP contribution >= 0.6 is 23.3 Å². The van der Waals surface area contributed by atoms with Crippen LogP contribution in [0.2, 0.25) is 0 Å². The van der Waals surface area contributed by atoms with E-state index in [0.717, 1.165) is 26.1 Å². The van der Waals surface area contributed by atoms with Gasteiger partial charge >= 0.3 is 5.97 Å². The summed E-state index contributed by atoms with van der Waals surface area (Å²) in [6.07, 6.45) is 1.81. The van der Waals surface area contributed by atoms with E-state index >= 15 is 0 Å². The van der Waals surface area contributed by atoms with Crippen LogP contribution in [0.15, 0.2) is 47.5 Å². The van der Waals surface area contributed by atoms with E-state index in [0.29, 0.717) is 5.56 Å². The predicted molar refractivity (Wildman–Crippen MR) is 97.3 cm³/mol. The summed E-state index contributed by atoms with van der Waals surface area (Å²) in [4.78, 5) is 12.4. The van der Waals surface area contributed by atoms with E-state index in [2.05, 4.69) is 10.4 Å². The van der Waals surface area contributed by atoms with E-state index in [-0.39, 0.29) is 0 Å². The molecule has 1 N–H and O–H groups in total. The SMILES string of the molecule is CC(C)(Sc1ccc2cnsc2c1-c1ccc(C#N)cc1)C(=O)O. The van der Waals surface area contributed by atoms with Gasteiger partial charge in [0.15, 0.2) is 0 Å². The second kappa shape index (κ2) is 6.27. The smallest absolute Gasteiger partial charge is 0.319 e. The molecule has 24 heavy (non-hydrogen) atoms. The normalized spacial score (nSPS) is 11.4. The molecule has 1 heterocycles. The molecule has 0 fully saturated rings. The van der Waals surface area contributed by atoms with Gasteiger partial charge in [-0.15, -0.1) is 11.8 Å². The van der Waals surface area contributed by atoms with E-state index in [4.69, 9.17) is 5.26 Å². The highest BCUT2D eigenvalue weighted by Gasteiger charge is 2.30. The molecule has 120 valence electrons. The standard InChI is InChI=1S/C18H14N2O2S2/c1-18(2,17(21)22)23-14-8-7-13-10-20-24-16(13)15(14)12-5-3-11(9-19)4-6-12/h3-8,10H,1-2H3,(H,21,22). The molecule has 0 atom stereocenters. The Bertz CT molecular complexity index is 953. The number of aromatic nitrogens is 1. The Kier molecular flexibility index (Phi) is 4.31. The predicted octanol–water partition coefficient (Wildman–Crippen LogP) is 4.79. The van der Waals surface area contributed by atoms with Crippen molar-refractivity contribution in [2.75, 3.05) is 0 Å². The molecule has 3 aromatic rings. The Morgan fingerprint density at radius 3 is 2.58 bits per heavy atom. The van der Waals surface area contributed by atoms with Gasteiger partial charge in [0.1, 0.15) is 4.75 Å². The van der Waals surface area contributed by atoms with E-state index in [1.807, 2.05) is 30.5 Å². The van der Waals surface area contributed by atoms with Crippen LogP contribution in [0.5, 0.6) is 0 Å². The quantitative estimate of drug-likeness (QED) is 0.682. The molecule has 0 bridgehead atoms. The molecule has 3 rings (SSSR count). The van der Waals surface area contributed by atoms with Gasteiger partial charge in [-0.05, 0) is 49.1 Å². The lowest BCUT2D eigenvalue weighted by Crippen LogP contribution is -2.26. The van der Waals surface area contributed by atoms with E-state index < -0.39 is 10.7 Å². The molecule has 0 saturated heterocycles. The number of thioether (sulfide) groups is 1. The molecule has 0 unspecified atom stereocenters. The third-order valence-electron chi connectivity index (χ3n) is 3.67. The fraction of sp³-hybridized carbons (Fsp3) is 0.167. The largest absolute Gasteiger partial charge is 0.480 e. The summed E-state index contributed by atoms with van der Waals surface area (Å²) in [5.74, 6) is -0.859. The number of carboxylic acid groups (broad SMARTS) is 1. The number of hydrogen-bond donors (Lipinski definition) is 1. The Balaban J connectivity index is 2.19. The van der Waals surface area contributed by atoms with Crippen LogP contribution in [0, 0.1) is 11.3 Å². The zero-order chi connectivity index (χ0) is 17.3. The van der Waals surface area contributed by atoms with Gasteiger partial charge in [-0.25, -0.2) is 0 Å². The number of hydrogen-bond acceptors (Lipinski definition) is 5. The first-order valence-corrected chi connectivity index (χ1v) is 8.82. The topological polar surface area (TPSA) is 74.0 Å². The summed E-state index contributed by atoms with van der Waals surface area (Å²) < 4.78 is 4.33. The highest BCUT2D eigenvalue weighted by Crippen LogP contribution is 2.43. The highest BCUT2D eigenvalue weighted by molar-refractivity contribution is 8.01. The van der Waals surface area contributed by atoms with Crippen molar-refractivity contribution in [1.82, 2.24) is 4.37 Å². The van der Waals surface area contributed by atoms with Gasteiger partial charge in [-0.3, -0.25) is 4.79 Å². The second-order valence-corrected chi connectivity index (χ2v) is 8.26. The number of aliphatic carboxylic acids is 1. The fourth-order valence-electron chi connectivity index (χ4n) is 2.30. The van der Waals surface area contributed by atoms with Crippen molar-refractivity contribution in [2.45, 2.75) is 23.5 Å². The Labute approximate surface area is 147 Å². The molecular formula is C18H14N2O2S2. The van der Waals surface area contributed by atoms with Gasteiger partial charge in [-0.1, -0.05) is 18.2 Å². The molecule has 0 radical (unpaired) electrons. The molecule has 0 amide bonds. The highest BCUT2D eigenvalue weighted by atomic mass is 32.2. The monoisotopic (exact) mass is 354 g/mol. The van der Waals surface area contributed by atoms with Crippen molar-refractivity contribution < 1.29 is 9.90 Å². The first kappa shape index (κ1) is 16.5. The zero-order valence-corrected chi connectivity index (χ0v) is 14.7. The van der Waals surface area contributed by atoms with Gasteiger partial charge in [0.2, 0.25) is 0 Å². The number of carboxylic acids is 1. The average molecular weight is 354 g/mol. The van der Waals surface area contributed by atoms with Crippen LogP contribution < -0.4 is 0 Å². The Hall–Kier alpha value is -2.36. The molecule has 2 aromatic carbocycles. The third kappa shape index (κ3) is 3.01. The number of fused-ring (bicyclic) bond motifs is 1. The summed E-state index contributed by atoms with van der Waals surface area (Å²) in [5.41, 5.74) is 2.52. The minimum atomic E-state index is -0.945. The lowest BCUT2D eigenvalue weighted by Gasteiger charge is -2.21. The van der Waals surface area contributed by atoms with Gasteiger partial charge in [0, 0.05) is 22.0 Å². The molecule has 4 nitrogen and oxygen atoms in total. The minimum absolute atomic E-state index is 0.593. The summed E-state index contributed by atoms with van der Waals surface area (Å²) >= 11 is 2.71. The van der Waals surface area contributed by atoms with E-state index in [1.165, 1.54) is 23.3 Å². The van der Waals surface area contributed by atoms with Crippen molar-refractivity contribution in [3.63, 3.8) is 0 Å². The van der Waals surface area contributed by atoms with Crippen LogP contribution in [-0.2, 0) is 4.79 Å². The number of nitriles is 1. The van der Waals surface area contributed by atoms with E-state index in [9.17, 15) is 9.90 Å². The molecular weight excluding hydrogens is 340 g/mol. The average Bonchev–Trinajstić information content (AvgIpc) is 3.03. The maximum absolute atomic E-state index is 11.5. The van der Waals surface area contributed by atoms with Gasteiger partial charge in [0.05, 0.1) is 16.3 Å². The number of benzene rings is 2. The van der Waals surface area contributed by atoms with E-state index in [1.54, 1.807) is 26.0 Å². The van der Waals surface area contributed by atoms with Crippen LogP contribution in [0.25, 0.3) is 21.2 Å². The van der Waals surface area contributed by atoms with Gasteiger partial charge in [-0.2, -0.15) is 9.64 Å². The third-order valence-corrected chi connectivity index (χ3v) is 5.75. The number of nitrogens with zero attached hydrogens (tertiary/aromatic N) is 2. The van der Waals surface area contributed by atoms with Crippen LogP contribution in [-0.4, -0.2) is 20.2 Å². The molecule has 0 saturated carbocycles. The number of rotatable bonds is 4. The molecule has 6 heteroatoms. The van der Waals surface area contributed by atoms with Gasteiger partial charge in [0.25, 0.3) is 0 Å². The van der Waals surface area contributed by atoms with Crippen LogP contribution in [0.4, 0.5) is 0 Å². The molecule has 0 spiro atoms. The first-order chi connectivity index (χ1) is 11.4. The first-order valence-electron chi connectivity index (χ1n) is 7.23. The van der Waals surface area contributed by atoms with Crippen LogP contribution in [0.3, 0.4) is 0 Å². The van der Waals surface area contributed by atoms with Crippen molar-refractivity contribution in [3.8, 4) is 17.2 Å². The van der Waals surface area contributed by atoms with Crippen molar-refractivity contribution >= 4 is 39.3 Å². The summed E-state index contributed by atoms with van der Waals surface area (Å²) in [5, 5.41) is 19.4.